The third-order valence-electron chi connectivity index (χ3n) is 7.95. The van der Waals surface area contributed by atoms with Crippen molar-refractivity contribution in [1.82, 2.24) is 4.90 Å². The molecule has 3 aliphatic carbocycles. The predicted molar refractivity (Wildman–Crippen MR) is 129 cm³/mol. The van der Waals surface area contributed by atoms with Crippen molar-refractivity contribution in [3.63, 3.8) is 0 Å². The summed E-state index contributed by atoms with van der Waals surface area (Å²) in [7, 11) is 1.44. The van der Waals surface area contributed by atoms with E-state index in [9.17, 15) is 9.59 Å². The van der Waals surface area contributed by atoms with E-state index in [1.165, 1.54) is 25.5 Å². The number of carbonyl (C=O) groups excluding carboxylic acids is 2. The molecule has 1 aromatic rings. The quantitative estimate of drug-likeness (QED) is 0.236. The summed E-state index contributed by atoms with van der Waals surface area (Å²) in [4.78, 5) is 26.9. The van der Waals surface area contributed by atoms with Crippen LogP contribution in [0.25, 0.3) is 0 Å². The number of rotatable bonds is 11. The van der Waals surface area contributed by atoms with Gasteiger partial charge in [0.1, 0.15) is 0 Å². The predicted octanol–water partition coefficient (Wildman–Crippen LogP) is 6.16. The van der Waals surface area contributed by atoms with Crippen LogP contribution in [0.4, 0.5) is 0 Å². The first-order chi connectivity index (χ1) is 15.4. The lowest BCUT2D eigenvalue weighted by Crippen LogP contribution is -2.64. The van der Waals surface area contributed by atoms with Crippen LogP contribution in [0, 0.1) is 23.2 Å². The molecule has 4 rings (SSSR count). The molecule has 3 fully saturated rings. The maximum Gasteiger partial charge on any atom is 0.305 e. The molecule has 4 atom stereocenters. The molecule has 0 spiro atoms. The van der Waals surface area contributed by atoms with Gasteiger partial charge in [0.05, 0.1) is 7.11 Å². The average Bonchev–Trinajstić information content (AvgIpc) is 2.80. The number of nitrogens with zero attached hydrogens (tertiary/aromatic N) is 1. The minimum atomic E-state index is -0.140. The average molecular weight is 440 g/mol. The SMILES string of the molecule is CCCC(=O)N(Cc1ccccc1)C1[C@@H](C/C=C\CCCC(=O)OC)C[C@H]2C[C@@H]1C2(C)C. The molecule has 2 bridgehead atoms. The molecule has 32 heavy (non-hydrogen) atoms. The van der Waals surface area contributed by atoms with Crippen LogP contribution in [0.5, 0.6) is 0 Å². The third kappa shape index (κ3) is 5.63. The number of amides is 1. The lowest BCUT2D eigenvalue weighted by molar-refractivity contribution is -0.167. The highest BCUT2D eigenvalue weighted by molar-refractivity contribution is 5.76. The van der Waals surface area contributed by atoms with E-state index in [0.29, 0.717) is 48.6 Å². The minimum absolute atomic E-state index is 0.140. The van der Waals surface area contributed by atoms with Crippen LogP contribution in [0.1, 0.15) is 77.7 Å². The number of hydrogen-bond donors (Lipinski definition) is 0. The lowest BCUT2D eigenvalue weighted by atomic mass is 9.44. The van der Waals surface area contributed by atoms with E-state index < -0.39 is 0 Å². The van der Waals surface area contributed by atoms with Gasteiger partial charge in [-0.05, 0) is 67.3 Å². The van der Waals surface area contributed by atoms with Crippen LogP contribution in [0.15, 0.2) is 42.5 Å². The van der Waals surface area contributed by atoms with Crippen LogP contribution < -0.4 is 0 Å². The van der Waals surface area contributed by atoms with E-state index in [1.807, 2.05) is 6.07 Å². The van der Waals surface area contributed by atoms with E-state index in [-0.39, 0.29) is 5.97 Å². The summed E-state index contributed by atoms with van der Waals surface area (Å²) in [6.07, 6.45) is 11.7. The van der Waals surface area contributed by atoms with Gasteiger partial charge in [-0.1, -0.05) is 63.3 Å². The highest BCUT2D eigenvalue weighted by atomic mass is 16.5. The molecule has 0 saturated heterocycles. The molecule has 4 nitrogen and oxygen atoms in total. The second kappa shape index (κ2) is 11.2. The third-order valence-corrected chi connectivity index (χ3v) is 7.95. The molecular weight excluding hydrogens is 398 g/mol. The number of carbonyl (C=O) groups is 2. The molecule has 0 heterocycles. The van der Waals surface area contributed by atoms with Gasteiger partial charge in [-0.25, -0.2) is 0 Å². The molecule has 3 saturated carbocycles. The minimum Gasteiger partial charge on any atom is -0.469 e. The molecule has 4 heteroatoms. The van der Waals surface area contributed by atoms with E-state index in [2.05, 4.69) is 62.1 Å². The summed E-state index contributed by atoms with van der Waals surface area (Å²) in [5.74, 6) is 2.01. The number of esters is 1. The summed E-state index contributed by atoms with van der Waals surface area (Å²) >= 11 is 0. The summed E-state index contributed by atoms with van der Waals surface area (Å²) < 4.78 is 4.72. The number of benzene rings is 1. The molecule has 1 amide bonds. The fourth-order valence-electron chi connectivity index (χ4n) is 5.93. The molecule has 1 aromatic carbocycles. The van der Waals surface area contributed by atoms with Crippen molar-refractivity contribution in [2.45, 2.75) is 84.7 Å². The Hall–Kier alpha value is -2.10. The zero-order valence-electron chi connectivity index (χ0n) is 20.4. The van der Waals surface area contributed by atoms with Gasteiger partial charge in [0.2, 0.25) is 5.91 Å². The Labute approximate surface area is 194 Å². The van der Waals surface area contributed by atoms with E-state index in [0.717, 1.165) is 31.6 Å². The summed E-state index contributed by atoms with van der Waals surface area (Å²) in [5, 5.41) is 0. The Kier molecular flexibility index (Phi) is 8.56. The standard InChI is InChI=1S/C28H41NO3/c1-5-13-25(30)29(20-21-14-9-8-10-15-21)27-22(18-23-19-24(27)28(23,2)3)16-11-6-7-12-17-26(31)32-4/h6,8-11,14-15,22-24,27H,5,7,12-13,16-20H2,1-4H3/b11-6-/t22-,23-,24-,27?/m0/s1. The van der Waals surface area contributed by atoms with Crippen molar-refractivity contribution < 1.29 is 14.3 Å². The Morgan fingerprint density at radius 2 is 1.88 bits per heavy atom. The van der Waals surface area contributed by atoms with E-state index in [1.54, 1.807) is 0 Å². The summed E-state index contributed by atoms with van der Waals surface area (Å²) in [5.41, 5.74) is 1.53. The molecule has 0 radical (unpaired) electrons. The lowest BCUT2D eigenvalue weighted by Gasteiger charge is -2.64. The summed E-state index contributed by atoms with van der Waals surface area (Å²) in [6, 6.07) is 10.7. The number of unbranched alkanes of at least 4 members (excludes halogenated alkanes) is 1. The van der Waals surface area contributed by atoms with Crippen molar-refractivity contribution >= 4 is 11.9 Å². The van der Waals surface area contributed by atoms with Crippen LogP contribution in [-0.2, 0) is 20.9 Å². The fraction of sp³-hybridized carbons (Fsp3) is 0.643. The number of methoxy groups -OCH3 is 1. The monoisotopic (exact) mass is 439 g/mol. The maximum atomic E-state index is 13.3. The zero-order valence-corrected chi connectivity index (χ0v) is 20.4. The van der Waals surface area contributed by atoms with Gasteiger partial charge < -0.3 is 9.64 Å². The highest BCUT2D eigenvalue weighted by Gasteiger charge is 2.59. The van der Waals surface area contributed by atoms with Gasteiger partial charge in [-0.2, -0.15) is 0 Å². The largest absolute Gasteiger partial charge is 0.469 e. The Bertz CT molecular complexity index is 785. The molecule has 0 N–H and O–H groups in total. The molecule has 0 aliphatic heterocycles. The number of allylic oxidation sites excluding steroid dienone is 2. The molecule has 0 aromatic heterocycles. The Morgan fingerprint density at radius 1 is 1.12 bits per heavy atom. The smallest absolute Gasteiger partial charge is 0.305 e. The van der Waals surface area contributed by atoms with Crippen molar-refractivity contribution in [3.05, 3.63) is 48.0 Å². The zero-order chi connectivity index (χ0) is 23.1. The Balaban J connectivity index is 1.73. The fourth-order valence-corrected chi connectivity index (χ4v) is 5.93. The van der Waals surface area contributed by atoms with Crippen LogP contribution in [-0.4, -0.2) is 29.9 Å². The maximum absolute atomic E-state index is 13.3. The van der Waals surface area contributed by atoms with Gasteiger partial charge in [-0.3, -0.25) is 9.59 Å². The van der Waals surface area contributed by atoms with E-state index >= 15 is 0 Å². The van der Waals surface area contributed by atoms with Crippen LogP contribution in [0.3, 0.4) is 0 Å². The van der Waals surface area contributed by atoms with E-state index in [4.69, 9.17) is 4.74 Å². The van der Waals surface area contributed by atoms with Crippen LogP contribution in [0.2, 0.25) is 0 Å². The second-order valence-corrected chi connectivity index (χ2v) is 10.3. The molecule has 1 unspecified atom stereocenters. The first kappa shape index (κ1) is 24.5. The van der Waals surface area contributed by atoms with Crippen molar-refractivity contribution in [2.24, 2.45) is 23.2 Å². The van der Waals surface area contributed by atoms with Crippen LogP contribution >= 0.6 is 0 Å². The van der Waals surface area contributed by atoms with Gasteiger partial charge in [0, 0.05) is 25.4 Å². The number of hydrogen-bond acceptors (Lipinski definition) is 3. The molecule has 3 aliphatic rings. The molecular formula is C28H41NO3. The first-order valence-electron chi connectivity index (χ1n) is 12.4. The highest BCUT2D eigenvalue weighted by Crippen LogP contribution is 2.62. The summed E-state index contributed by atoms with van der Waals surface area (Å²) in [6.45, 7) is 7.61. The van der Waals surface area contributed by atoms with Crippen molar-refractivity contribution in [1.29, 1.82) is 0 Å². The molecule has 176 valence electrons. The normalized spacial score (nSPS) is 25.9. The first-order valence-corrected chi connectivity index (χ1v) is 12.4. The van der Waals surface area contributed by atoms with Gasteiger partial charge in [0.25, 0.3) is 0 Å². The Morgan fingerprint density at radius 3 is 2.53 bits per heavy atom. The van der Waals surface area contributed by atoms with Gasteiger partial charge in [-0.15, -0.1) is 0 Å². The number of ether oxygens (including phenoxy) is 1. The van der Waals surface area contributed by atoms with Crippen molar-refractivity contribution in [2.75, 3.05) is 7.11 Å². The van der Waals surface area contributed by atoms with Gasteiger partial charge >= 0.3 is 5.97 Å². The van der Waals surface area contributed by atoms with Crippen molar-refractivity contribution in [3.8, 4) is 0 Å². The second-order valence-electron chi connectivity index (χ2n) is 10.3. The number of fused-ring (bicyclic) bond motifs is 2. The topological polar surface area (TPSA) is 46.6 Å². The van der Waals surface area contributed by atoms with Gasteiger partial charge in [0.15, 0.2) is 0 Å².